The number of halogens is 1. The fourth-order valence-electron chi connectivity index (χ4n) is 2.34. The molecule has 1 aliphatic rings. The van der Waals surface area contributed by atoms with Crippen LogP contribution in [0.1, 0.15) is 18.2 Å². The molecule has 0 aliphatic carbocycles. The number of nitrogens with two attached hydrogens (primary N) is 1. The lowest BCUT2D eigenvalue weighted by atomic mass is 10.2. The molecule has 1 unspecified atom stereocenters. The van der Waals surface area contributed by atoms with Crippen LogP contribution in [-0.4, -0.2) is 49.6 Å². The number of nitrogens with zero attached hydrogens (tertiary/aromatic N) is 2. The van der Waals surface area contributed by atoms with Crippen molar-refractivity contribution in [2.75, 3.05) is 39.8 Å². The molecule has 2 heterocycles. The summed E-state index contributed by atoms with van der Waals surface area (Å²) in [4.78, 5) is 4.79. The van der Waals surface area contributed by atoms with Gasteiger partial charge in [0.1, 0.15) is 5.76 Å². The van der Waals surface area contributed by atoms with Crippen molar-refractivity contribution in [2.45, 2.75) is 12.5 Å². The first-order valence-corrected chi connectivity index (χ1v) is 6.87. The van der Waals surface area contributed by atoms with Crippen LogP contribution in [0, 0.1) is 0 Å². The first-order valence-electron chi connectivity index (χ1n) is 6.08. The minimum absolute atomic E-state index is 0.186. The van der Waals surface area contributed by atoms with Crippen molar-refractivity contribution in [3.8, 4) is 0 Å². The molecule has 1 aliphatic heterocycles. The Bertz CT molecular complexity index is 355. The summed E-state index contributed by atoms with van der Waals surface area (Å²) in [5.74, 6) is 0.956. The Morgan fingerprint density at radius 3 is 2.88 bits per heavy atom. The van der Waals surface area contributed by atoms with E-state index >= 15 is 0 Å². The summed E-state index contributed by atoms with van der Waals surface area (Å²) in [7, 11) is 2.17. The second kappa shape index (κ2) is 6.00. The van der Waals surface area contributed by atoms with Crippen LogP contribution in [0.5, 0.6) is 0 Å². The van der Waals surface area contributed by atoms with Gasteiger partial charge in [0.15, 0.2) is 0 Å². The summed E-state index contributed by atoms with van der Waals surface area (Å²) in [6.07, 6.45) is 2.90. The topological polar surface area (TPSA) is 45.6 Å². The summed E-state index contributed by atoms with van der Waals surface area (Å²) >= 11 is 3.52. The van der Waals surface area contributed by atoms with Crippen LogP contribution in [-0.2, 0) is 0 Å². The lowest BCUT2D eigenvalue weighted by Gasteiger charge is -2.28. The third-order valence-electron chi connectivity index (χ3n) is 3.37. The van der Waals surface area contributed by atoms with Gasteiger partial charge in [-0.25, -0.2) is 0 Å². The van der Waals surface area contributed by atoms with Crippen LogP contribution in [0.4, 0.5) is 0 Å². The Labute approximate surface area is 111 Å². The molecule has 96 valence electrons. The first kappa shape index (κ1) is 13.1. The largest absolute Gasteiger partial charge is 0.466 e. The number of hydrogen-bond acceptors (Lipinski definition) is 4. The molecule has 1 fully saturated rings. The maximum atomic E-state index is 5.91. The number of hydrogen-bond donors (Lipinski definition) is 1. The van der Waals surface area contributed by atoms with Gasteiger partial charge in [0.05, 0.1) is 16.8 Å². The van der Waals surface area contributed by atoms with Crippen LogP contribution in [0.2, 0.25) is 0 Å². The average molecular weight is 302 g/mol. The summed E-state index contributed by atoms with van der Waals surface area (Å²) in [6.45, 7) is 4.97. The highest BCUT2D eigenvalue weighted by molar-refractivity contribution is 9.10. The van der Waals surface area contributed by atoms with E-state index < -0.39 is 0 Å². The maximum Gasteiger partial charge on any atom is 0.136 e. The van der Waals surface area contributed by atoms with Crippen molar-refractivity contribution >= 4 is 15.9 Å². The zero-order valence-electron chi connectivity index (χ0n) is 10.2. The molecule has 0 amide bonds. The zero-order valence-corrected chi connectivity index (χ0v) is 11.8. The highest BCUT2D eigenvalue weighted by atomic mass is 79.9. The summed E-state index contributed by atoms with van der Waals surface area (Å²) < 4.78 is 6.58. The van der Waals surface area contributed by atoms with Gasteiger partial charge >= 0.3 is 0 Å². The van der Waals surface area contributed by atoms with Gasteiger partial charge in [-0.3, -0.25) is 4.90 Å². The molecule has 0 spiro atoms. The van der Waals surface area contributed by atoms with Gasteiger partial charge in [-0.05, 0) is 42.0 Å². The van der Waals surface area contributed by atoms with E-state index in [1.807, 2.05) is 6.07 Å². The molecule has 5 heteroatoms. The molecule has 1 saturated heterocycles. The average Bonchev–Trinajstić information content (AvgIpc) is 2.60. The van der Waals surface area contributed by atoms with Gasteiger partial charge in [-0.15, -0.1) is 0 Å². The van der Waals surface area contributed by atoms with Crippen molar-refractivity contribution in [1.82, 2.24) is 9.80 Å². The standard InChI is InChI=1S/C12H20BrN3O/c1-15-4-2-5-16(7-6-15)11(9-14)12-10(13)3-8-17-12/h3,8,11H,2,4-7,9,14H2,1H3. The third kappa shape index (κ3) is 3.10. The Morgan fingerprint density at radius 1 is 1.41 bits per heavy atom. The Morgan fingerprint density at radius 2 is 2.24 bits per heavy atom. The monoisotopic (exact) mass is 301 g/mol. The van der Waals surface area contributed by atoms with Crippen LogP contribution in [0.25, 0.3) is 0 Å². The van der Waals surface area contributed by atoms with Crippen molar-refractivity contribution < 1.29 is 4.42 Å². The first-order chi connectivity index (χ1) is 8.22. The van der Waals surface area contributed by atoms with Gasteiger partial charge in [0.25, 0.3) is 0 Å². The highest BCUT2D eigenvalue weighted by Gasteiger charge is 2.25. The van der Waals surface area contributed by atoms with Crippen LogP contribution < -0.4 is 5.73 Å². The molecule has 1 atom stereocenters. The molecule has 0 bridgehead atoms. The predicted molar refractivity (Wildman–Crippen MR) is 71.9 cm³/mol. The number of likely N-dealkylation sites (N-methyl/N-ethyl adjacent to an activating group) is 1. The lowest BCUT2D eigenvalue weighted by molar-refractivity contribution is 0.184. The quantitative estimate of drug-likeness (QED) is 0.923. The minimum atomic E-state index is 0.186. The van der Waals surface area contributed by atoms with Crippen LogP contribution in [0.15, 0.2) is 21.2 Å². The van der Waals surface area contributed by atoms with Crippen molar-refractivity contribution in [2.24, 2.45) is 5.73 Å². The van der Waals surface area contributed by atoms with E-state index in [1.54, 1.807) is 6.26 Å². The SMILES string of the molecule is CN1CCCN(C(CN)c2occc2Br)CC1. The van der Waals surface area contributed by atoms with E-state index in [0.29, 0.717) is 6.54 Å². The molecule has 17 heavy (non-hydrogen) atoms. The molecule has 2 rings (SSSR count). The van der Waals surface area contributed by atoms with Gasteiger partial charge in [0.2, 0.25) is 0 Å². The van der Waals surface area contributed by atoms with E-state index in [0.717, 1.165) is 36.4 Å². The smallest absolute Gasteiger partial charge is 0.136 e. The van der Waals surface area contributed by atoms with E-state index in [4.69, 9.17) is 10.2 Å². The Balaban J connectivity index is 2.10. The third-order valence-corrected chi connectivity index (χ3v) is 4.02. The fraction of sp³-hybridized carbons (Fsp3) is 0.667. The van der Waals surface area contributed by atoms with Gasteiger partial charge in [-0.1, -0.05) is 0 Å². The van der Waals surface area contributed by atoms with Gasteiger partial charge in [-0.2, -0.15) is 0 Å². The number of furan rings is 1. The van der Waals surface area contributed by atoms with Crippen molar-refractivity contribution in [1.29, 1.82) is 0 Å². The fourth-order valence-corrected chi connectivity index (χ4v) is 2.81. The second-order valence-corrected chi connectivity index (χ2v) is 5.43. The van der Waals surface area contributed by atoms with E-state index in [2.05, 4.69) is 32.8 Å². The van der Waals surface area contributed by atoms with Gasteiger partial charge < -0.3 is 15.1 Å². The van der Waals surface area contributed by atoms with Crippen molar-refractivity contribution in [3.05, 3.63) is 22.6 Å². The molecule has 1 aromatic rings. The molecular formula is C12H20BrN3O. The summed E-state index contributed by atoms with van der Waals surface area (Å²) in [6, 6.07) is 2.12. The summed E-state index contributed by atoms with van der Waals surface area (Å²) in [5.41, 5.74) is 5.91. The Kier molecular flexibility index (Phi) is 4.62. The normalized spacial score (nSPS) is 21.4. The highest BCUT2D eigenvalue weighted by Crippen LogP contribution is 2.28. The van der Waals surface area contributed by atoms with Gasteiger partial charge in [0, 0.05) is 26.2 Å². The molecule has 0 radical (unpaired) electrons. The van der Waals surface area contributed by atoms with E-state index in [-0.39, 0.29) is 6.04 Å². The van der Waals surface area contributed by atoms with E-state index in [1.165, 1.54) is 6.42 Å². The lowest BCUT2D eigenvalue weighted by Crippen LogP contribution is -2.36. The van der Waals surface area contributed by atoms with Crippen molar-refractivity contribution in [3.63, 3.8) is 0 Å². The molecule has 4 nitrogen and oxygen atoms in total. The summed E-state index contributed by atoms with van der Waals surface area (Å²) in [5, 5.41) is 0. The number of rotatable bonds is 3. The molecule has 0 aromatic carbocycles. The molecule has 1 aromatic heterocycles. The second-order valence-electron chi connectivity index (χ2n) is 4.58. The predicted octanol–water partition coefficient (Wildman–Crippen LogP) is 1.68. The molecule has 0 saturated carbocycles. The molecule has 2 N–H and O–H groups in total. The van der Waals surface area contributed by atoms with Crippen LogP contribution in [0.3, 0.4) is 0 Å². The zero-order chi connectivity index (χ0) is 12.3. The maximum absolute atomic E-state index is 5.91. The minimum Gasteiger partial charge on any atom is -0.466 e. The van der Waals surface area contributed by atoms with Crippen LogP contribution >= 0.6 is 15.9 Å². The van der Waals surface area contributed by atoms with E-state index in [9.17, 15) is 0 Å². The Hall–Kier alpha value is -0.360. The molecular weight excluding hydrogens is 282 g/mol.